The molecule has 2 atom stereocenters. The fourth-order valence-electron chi connectivity index (χ4n) is 3.29. The number of fused-ring (bicyclic) bond motifs is 1. The van der Waals surface area contributed by atoms with Gasteiger partial charge in [-0.1, -0.05) is 48.0 Å². The average Bonchev–Trinajstić information content (AvgIpc) is 2.55. The zero-order chi connectivity index (χ0) is 17.4. The molecule has 0 spiro atoms. The number of carbonyl (C=O) groups is 1. The topological polar surface area (TPSA) is 52.9 Å². The lowest BCUT2D eigenvalue weighted by molar-refractivity contribution is -0.133. The van der Waals surface area contributed by atoms with Gasteiger partial charge in [-0.05, 0) is 37.5 Å². The number of benzene rings is 1. The van der Waals surface area contributed by atoms with Crippen molar-refractivity contribution in [1.29, 1.82) is 0 Å². The minimum atomic E-state index is -0.947. The summed E-state index contributed by atoms with van der Waals surface area (Å²) in [5.74, 6) is 0.0502. The first-order chi connectivity index (χ1) is 11.4. The average molecular weight is 385 g/mol. The van der Waals surface area contributed by atoms with E-state index in [0.29, 0.717) is 21.3 Å². The first-order valence-electron chi connectivity index (χ1n) is 7.82. The summed E-state index contributed by atoms with van der Waals surface area (Å²) in [6.45, 7) is 3.88. The zero-order valence-electron chi connectivity index (χ0n) is 13.4. The molecule has 0 aromatic heterocycles. The second-order valence-electron chi connectivity index (χ2n) is 5.88. The van der Waals surface area contributed by atoms with Crippen LogP contribution in [0.3, 0.4) is 0 Å². The molecule has 4 nitrogen and oxygen atoms in total. The number of carboxylic acid groups (broad SMARTS) is 1. The fourth-order valence-corrected chi connectivity index (χ4v) is 4.77. The smallest absolute Gasteiger partial charge is 0.335 e. The Balaban J connectivity index is 2.18. The molecule has 3 rings (SSSR count). The minimum absolute atomic E-state index is 0.256. The van der Waals surface area contributed by atoms with Gasteiger partial charge in [0.1, 0.15) is 0 Å². The molecule has 0 radical (unpaired) electrons. The number of aliphatic carboxylic acids is 1. The Hall–Kier alpha value is -1.17. The second kappa shape index (κ2) is 6.98. The van der Waals surface area contributed by atoms with Crippen molar-refractivity contribution in [3.05, 3.63) is 45.1 Å². The number of hydrogen-bond acceptors (Lipinski definition) is 4. The summed E-state index contributed by atoms with van der Waals surface area (Å²) in [5.41, 5.74) is 1.68. The lowest BCUT2D eigenvalue weighted by Crippen LogP contribution is -2.48. The molecule has 1 fully saturated rings. The minimum Gasteiger partial charge on any atom is -0.478 e. The van der Waals surface area contributed by atoms with Crippen LogP contribution >= 0.6 is 35.0 Å². The number of halogens is 2. The van der Waals surface area contributed by atoms with E-state index in [2.05, 4.69) is 16.8 Å². The fraction of sp³-hybridized carbons (Fsp3) is 0.412. The molecule has 2 aliphatic rings. The van der Waals surface area contributed by atoms with Gasteiger partial charge in [0, 0.05) is 11.8 Å². The molecule has 2 heterocycles. The third-order valence-electron chi connectivity index (χ3n) is 4.46. The van der Waals surface area contributed by atoms with E-state index in [-0.39, 0.29) is 6.04 Å². The van der Waals surface area contributed by atoms with Gasteiger partial charge in [0.2, 0.25) is 0 Å². The third kappa shape index (κ3) is 3.05. The van der Waals surface area contributed by atoms with Crippen molar-refractivity contribution in [2.45, 2.75) is 38.8 Å². The van der Waals surface area contributed by atoms with Crippen LogP contribution in [0.15, 0.2) is 34.5 Å². The first-order valence-corrected chi connectivity index (χ1v) is 9.57. The summed E-state index contributed by atoms with van der Waals surface area (Å²) in [7, 11) is 0. The van der Waals surface area contributed by atoms with Gasteiger partial charge in [0.25, 0.3) is 0 Å². The van der Waals surface area contributed by atoms with Crippen LogP contribution in [0.4, 0.5) is 0 Å². The van der Waals surface area contributed by atoms with Crippen LogP contribution in [0.5, 0.6) is 0 Å². The van der Waals surface area contributed by atoms with E-state index in [1.807, 2.05) is 6.07 Å². The molecular weight excluding hydrogens is 367 g/mol. The molecule has 1 aromatic rings. The number of thioether (sulfide) groups is 1. The van der Waals surface area contributed by atoms with Gasteiger partial charge in [-0.2, -0.15) is 0 Å². The highest BCUT2D eigenvalue weighted by Gasteiger charge is 2.40. The van der Waals surface area contributed by atoms with Crippen molar-refractivity contribution >= 4 is 46.1 Å². The van der Waals surface area contributed by atoms with Gasteiger partial charge >= 0.3 is 5.97 Å². The van der Waals surface area contributed by atoms with Crippen LogP contribution in [0.1, 0.15) is 38.3 Å². The number of allylic oxidation sites excluding steroid dienone is 1. The molecule has 1 aromatic carbocycles. The van der Waals surface area contributed by atoms with E-state index in [1.54, 1.807) is 30.8 Å². The third-order valence-corrected chi connectivity index (χ3v) is 6.20. The monoisotopic (exact) mass is 384 g/mol. The van der Waals surface area contributed by atoms with Gasteiger partial charge in [-0.3, -0.25) is 0 Å². The Morgan fingerprint density at radius 2 is 2.17 bits per heavy atom. The number of aliphatic imine (C=N–C) groups is 1. The Morgan fingerprint density at radius 3 is 2.79 bits per heavy atom. The summed E-state index contributed by atoms with van der Waals surface area (Å²) in [5, 5.41) is 11.6. The van der Waals surface area contributed by atoms with Crippen LogP contribution < -0.4 is 0 Å². The van der Waals surface area contributed by atoms with Gasteiger partial charge in [0.15, 0.2) is 5.17 Å². The van der Waals surface area contributed by atoms with Crippen molar-refractivity contribution in [2.75, 3.05) is 5.75 Å². The molecular formula is C17H18Cl2N2O2S. The van der Waals surface area contributed by atoms with Gasteiger partial charge in [0.05, 0.1) is 27.4 Å². The number of nitrogens with zero attached hydrogens (tertiary/aromatic N) is 2. The van der Waals surface area contributed by atoms with Gasteiger partial charge < -0.3 is 10.0 Å². The molecule has 2 aliphatic heterocycles. The maximum Gasteiger partial charge on any atom is 0.335 e. The molecule has 0 bridgehead atoms. The van der Waals surface area contributed by atoms with E-state index < -0.39 is 12.0 Å². The Labute approximate surface area is 155 Å². The standard InChI is InChI=1S/C17H18Cl2N2O2S/c1-3-11-6-7-24-17-20-9(2)14(16(22)23)15(21(11)17)10-4-5-12(18)13(19)8-10/h4-5,8,11,15H,3,6-7H2,1-2H3,(H,22,23). The van der Waals surface area contributed by atoms with E-state index >= 15 is 0 Å². The Morgan fingerprint density at radius 1 is 1.42 bits per heavy atom. The highest BCUT2D eigenvalue weighted by Crippen LogP contribution is 2.43. The summed E-state index contributed by atoms with van der Waals surface area (Å²) in [6.07, 6.45) is 1.94. The number of rotatable bonds is 3. The lowest BCUT2D eigenvalue weighted by atomic mass is 9.92. The van der Waals surface area contributed by atoms with E-state index in [4.69, 9.17) is 23.2 Å². The van der Waals surface area contributed by atoms with E-state index in [1.165, 1.54) is 0 Å². The van der Waals surface area contributed by atoms with Gasteiger partial charge in [-0.15, -0.1) is 0 Å². The molecule has 0 aliphatic carbocycles. The highest BCUT2D eigenvalue weighted by molar-refractivity contribution is 8.13. The Bertz CT molecular complexity index is 748. The highest BCUT2D eigenvalue weighted by atomic mass is 35.5. The molecule has 7 heteroatoms. The molecule has 0 amide bonds. The van der Waals surface area contributed by atoms with E-state index in [0.717, 1.165) is 29.3 Å². The van der Waals surface area contributed by atoms with Crippen molar-refractivity contribution in [3.8, 4) is 0 Å². The van der Waals surface area contributed by atoms with Crippen molar-refractivity contribution in [2.24, 2.45) is 4.99 Å². The molecule has 1 saturated heterocycles. The van der Waals surface area contributed by atoms with Crippen molar-refractivity contribution in [3.63, 3.8) is 0 Å². The first kappa shape index (κ1) is 17.6. The van der Waals surface area contributed by atoms with Crippen LogP contribution in [-0.4, -0.2) is 32.9 Å². The van der Waals surface area contributed by atoms with Crippen LogP contribution in [0.2, 0.25) is 10.0 Å². The molecule has 1 N–H and O–H groups in total. The summed E-state index contributed by atoms with van der Waals surface area (Å²) < 4.78 is 0. The molecule has 24 heavy (non-hydrogen) atoms. The quantitative estimate of drug-likeness (QED) is 0.797. The SMILES string of the molecule is CCC1CCSC2=NC(C)=C(C(=O)O)C(c3ccc(Cl)c(Cl)c3)N21. The maximum absolute atomic E-state index is 12.0. The number of amidine groups is 1. The van der Waals surface area contributed by atoms with Gasteiger partial charge in [-0.25, -0.2) is 9.79 Å². The second-order valence-corrected chi connectivity index (χ2v) is 7.76. The van der Waals surface area contributed by atoms with Crippen molar-refractivity contribution in [1.82, 2.24) is 4.90 Å². The predicted molar refractivity (Wildman–Crippen MR) is 100.0 cm³/mol. The molecule has 0 saturated carbocycles. The molecule has 2 unspecified atom stereocenters. The normalized spacial score (nSPS) is 23.8. The van der Waals surface area contributed by atoms with Crippen LogP contribution in [-0.2, 0) is 4.79 Å². The summed E-state index contributed by atoms with van der Waals surface area (Å²) >= 11 is 13.9. The van der Waals surface area contributed by atoms with Crippen molar-refractivity contribution < 1.29 is 9.90 Å². The summed E-state index contributed by atoms with van der Waals surface area (Å²) in [4.78, 5) is 18.7. The zero-order valence-corrected chi connectivity index (χ0v) is 15.8. The predicted octanol–water partition coefficient (Wildman–Crippen LogP) is 4.98. The van der Waals surface area contributed by atoms with Crippen LogP contribution in [0, 0.1) is 0 Å². The lowest BCUT2D eigenvalue weighted by Gasteiger charge is -2.45. The van der Waals surface area contributed by atoms with E-state index in [9.17, 15) is 9.90 Å². The summed E-state index contributed by atoms with van der Waals surface area (Å²) in [6, 6.07) is 5.19. The number of carboxylic acids is 1. The Kier molecular flexibility index (Phi) is 5.13. The van der Waals surface area contributed by atoms with Crippen LogP contribution in [0.25, 0.3) is 0 Å². The largest absolute Gasteiger partial charge is 0.478 e. The molecule has 128 valence electrons. The maximum atomic E-state index is 12.0. The number of hydrogen-bond donors (Lipinski definition) is 1.